The fourth-order valence-corrected chi connectivity index (χ4v) is 3.16. The number of fused-ring (bicyclic) bond motifs is 1. The predicted octanol–water partition coefficient (Wildman–Crippen LogP) is 3.19. The van der Waals surface area contributed by atoms with Crippen LogP contribution in [-0.2, 0) is 0 Å². The van der Waals surface area contributed by atoms with E-state index in [4.69, 9.17) is 9.72 Å². The quantitative estimate of drug-likeness (QED) is 0.548. The Morgan fingerprint density at radius 3 is 2.92 bits per heavy atom. The summed E-state index contributed by atoms with van der Waals surface area (Å²) in [5.74, 6) is 0.714. The molecule has 7 heteroatoms. The molecule has 24 heavy (non-hydrogen) atoms. The van der Waals surface area contributed by atoms with Crippen LogP contribution in [0.4, 0.5) is 0 Å². The lowest BCUT2D eigenvalue weighted by atomic mass is 10.1. The lowest BCUT2D eigenvalue weighted by Crippen LogP contribution is -2.18. The van der Waals surface area contributed by atoms with Gasteiger partial charge >= 0.3 is 0 Å². The molecule has 0 bridgehead atoms. The number of rotatable bonds is 6. The van der Waals surface area contributed by atoms with Gasteiger partial charge in [0, 0.05) is 11.6 Å². The second kappa shape index (κ2) is 7.19. The number of nitrogens with one attached hydrogen (secondary N) is 1. The van der Waals surface area contributed by atoms with Gasteiger partial charge in [0.05, 0.1) is 36.4 Å². The molecule has 0 saturated carbocycles. The van der Waals surface area contributed by atoms with E-state index in [1.165, 1.54) is 0 Å². The third-order valence-electron chi connectivity index (χ3n) is 3.87. The molecular formula is C17H21N5OS. The van der Waals surface area contributed by atoms with Gasteiger partial charge in [0.25, 0.3) is 0 Å². The largest absolute Gasteiger partial charge is 0.494 e. The zero-order chi connectivity index (χ0) is 17.1. The smallest absolute Gasteiger partial charge is 0.189 e. The van der Waals surface area contributed by atoms with Crippen molar-refractivity contribution in [3.8, 4) is 17.0 Å². The summed E-state index contributed by atoms with van der Waals surface area (Å²) < 4.78 is 7.35. The maximum Gasteiger partial charge on any atom is 0.189 e. The summed E-state index contributed by atoms with van der Waals surface area (Å²) in [4.78, 5) is 9.26. The van der Waals surface area contributed by atoms with Gasteiger partial charge < -0.3 is 10.1 Å². The average molecular weight is 343 g/mol. The zero-order valence-electron chi connectivity index (χ0n) is 14.3. The highest BCUT2D eigenvalue weighted by atomic mass is 32.2. The van der Waals surface area contributed by atoms with Gasteiger partial charge in [-0.3, -0.25) is 4.98 Å². The van der Waals surface area contributed by atoms with E-state index in [0.29, 0.717) is 5.75 Å². The first-order valence-corrected chi connectivity index (χ1v) is 9.06. The van der Waals surface area contributed by atoms with Crippen LogP contribution >= 0.6 is 11.8 Å². The van der Waals surface area contributed by atoms with Crippen molar-refractivity contribution in [2.45, 2.75) is 25.0 Å². The normalized spacial score (nSPS) is 12.5. The van der Waals surface area contributed by atoms with E-state index in [0.717, 1.165) is 34.2 Å². The van der Waals surface area contributed by atoms with E-state index >= 15 is 0 Å². The average Bonchev–Trinajstić information content (AvgIpc) is 3.09. The molecule has 1 N–H and O–H groups in total. The predicted molar refractivity (Wildman–Crippen MR) is 96.6 cm³/mol. The highest BCUT2D eigenvalue weighted by Gasteiger charge is 2.15. The molecule has 1 atom stereocenters. The molecule has 3 aromatic heterocycles. The molecule has 3 aromatic rings. The third kappa shape index (κ3) is 3.09. The van der Waals surface area contributed by atoms with Crippen LogP contribution in [0.25, 0.3) is 16.8 Å². The number of nitrogens with zero attached hydrogens (tertiary/aromatic N) is 4. The van der Waals surface area contributed by atoms with Crippen molar-refractivity contribution in [3.05, 3.63) is 36.3 Å². The van der Waals surface area contributed by atoms with Gasteiger partial charge in [-0.2, -0.15) is 5.10 Å². The molecule has 0 amide bonds. The van der Waals surface area contributed by atoms with E-state index in [9.17, 15) is 0 Å². The number of methoxy groups -OCH3 is 1. The summed E-state index contributed by atoms with van der Waals surface area (Å²) in [6.45, 7) is 5.07. The van der Waals surface area contributed by atoms with Crippen LogP contribution < -0.4 is 10.1 Å². The number of pyridine rings is 1. The standard InChI is InChI=1S/C17H21N5OS/c1-5-18-11(2)14-9-13(16(23-3)10-19-14)15-8-12-6-7-20-22(12)17(21-15)24-4/h6-11,18H,5H2,1-4H3. The molecule has 3 heterocycles. The van der Waals surface area contributed by atoms with Crippen molar-refractivity contribution >= 4 is 17.3 Å². The van der Waals surface area contributed by atoms with E-state index in [-0.39, 0.29) is 6.04 Å². The number of ether oxygens (including phenoxy) is 1. The number of thioether (sulfide) groups is 1. The Labute approximate surface area is 145 Å². The fraction of sp³-hybridized carbons (Fsp3) is 0.353. The van der Waals surface area contributed by atoms with Gasteiger partial charge in [-0.25, -0.2) is 9.50 Å². The Balaban J connectivity index is 2.14. The number of hydrogen-bond donors (Lipinski definition) is 1. The second-order valence-corrected chi connectivity index (χ2v) is 6.16. The van der Waals surface area contributed by atoms with Crippen molar-refractivity contribution in [1.82, 2.24) is 24.9 Å². The minimum atomic E-state index is 0.165. The van der Waals surface area contributed by atoms with Crippen LogP contribution in [-0.4, -0.2) is 39.5 Å². The van der Waals surface area contributed by atoms with Crippen LogP contribution in [0.5, 0.6) is 5.75 Å². The van der Waals surface area contributed by atoms with Gasteiger partial charge in [-0.05, 0) is 37.9 Å². The van der Waals surface area contributed by atoms with Crippen LogP contribution in [0.3, 0.4) is 0 Å². The van der Waals surface area contributed by atoms with Crippen molar-refractivity contribution in [2.24, 2.45) is 0 Å². The summed E-state index contributed by atoms with van der Waals surface area (Å²) in [5.41, 5.74) is 3.76. The molecule has 0 aliphatic heterocycles. The number of hydrogen-bond acceptors (Lipinski definition) is 6. The highest BCUT2D eigenvalue weighted by Crippen LogP contribution is 2.32. The van der Waals surface area contributed by atoms with E-state index < -0.39 is 0 Å². The Kier molecular flexibility index (Phi) is 5.01. The van der Waals surface area contributed by atoms with Crippen LogP contribution in [0.2, 0.25) is 0 Å². The second-order valence-electron chi connectivity index (χ2n) is 5.38. The van der Waals surface area contributed by atoms with Gasteiger partial charge in [0.2, 0.25) is 0 Å². The summed E-state index contributed by atoms with van der Waals surface area (Å²) in [7, 11) is 1.65. The molecule has 0 aromatic carbocycles. The van der Waals surface area contributed by atoms with Gasteiger partial charge in [0.1, 0.15) is 5.75 Å². The van der Waals surface area contributed by atoms with Gasteiger partial charge in [0.15, 0.2) is 5.16 Å². The molecule has 0 spiro atoms. The van der Waals surface area contributed by atoms with Crippen LogP contribution in [0.15, 0.2) is 35.7 Å². The van der Waals surface area contributed by atoms with E-state index in [1.807, 2.05) is 29.0 Å². The fourth-order valence-electron chi connectivity index (χ4n) is 2.64. The van der Waals surface area contributed by atoms with Crippen LogP contribution in [0.1, 0.15) is 25.6 Å². The van der Waals surface area contributed by atoms with Crippen molar-refractivity contribution in [2.75, 3.05) is 19.9 Å². The van der Waals surface area contributed by atoms with Gasteiger partial charge in [-0.15, -0.1) is 0 Å². The van der Waals surface area contributed by atoms with E-state index in [1.54, 1.807) is 31.3 Å². The first kappa shape index (κ1) is 16.7. The molecule has 3 rings (SSSR count). The number of aromatic nitrogens is 4. The molecule has 1 unspecified atom stereocenters. The molecule has 0 aliphatic rings. The third-order valence-corrected chi connectivity index (χ3v) is 4.50. The van der Waals surface area contributed by atoms with Gasteiger partial charge in [-0.1, -0.05) is 18.7 Å². The highest BCUT2D eigenvalue weighted by molar-refractivity contribution is 7.98. The van der Waals surface area contributed by atoms with E-state index in [2.05, 4.69) is 29.2 Å². The zero-order valence-corrected chi connectivity index (χ0v) is 15.1. The first-order valence-electron chi connectivity index (χ1n) is 7.84. The Morgan fingerprint density at radius 2 is 2.21 bits per heavy atom. The summed E-state index contributed by atoms with van der Waals surface area (Å²) in [6.07, 6.45) is 5.54. The molecular weight excluding hydrogens is 322 g/mol. The SMILES string of the molecule is CCNC(C)c1cc(-c2cc3ccnn3c(SC)n2)c(OC)cn1. The maximum atomic E-state index is 5.51. The van der Waals surface area contributed by atoms with Crippen LogP contribution in [0, 0.1) is 0 Å². The summed E-state index contributed by atoms with van der Waals surface area (Å²) >= 11 is 1.56. The summed E-state index contributed by atoms with van der Waals surface area (Å²) in [5, 5.41) is 8.54. The monoisotopic (exact) mass is 343 g/mol. The Hall–Kier alpha value is -2.12. The Bertz CT molecular complexity index is 848. The van der Waals surface area contributed by atoms with Crippen molar-refractivity contribution in [3.63, 3.8) is 0 Å². The minimum absolute atomic E-state index is 0.165. The molecule has 0 radical (unpaired) electrons. The Morgan fingerprint density at radius 1 is 1.38 bits per heavy atom. The lowest BCUT2D eigenvalue weighted by molar-refractivity contribution is 0.413. The topological polar surface area (TPSA) is 64.3 Å². The summed E-state index contributed by atoms with van der Waals surface area (Å²) in [6, 6.07) is 6.21. The minimum Gasteiger partial charge on any atom is -0.494 e. The molecule has 126 valence electrons. The molecule has 0 aliphatic carbocycles. The maximum absolute atomic E-state index is 5.51. The molecule has 0 fully saturated rings. The van der Waals surface area contributed by atoms with Crippen molar-refractivity contribution < 1.29 is 4.74 Å². The molecule has 6 nitrogen and oxygen atoms in total. The first-order chi connectivity index (χ1) is 11.7. The lowest BCUT2D eigenvalue weighted by Gasteiger charge is -2.15. The van der Waals surface area contributed by atoms with Crippen molar-refractivity contribution in [1.29, 1.82) is 0 Å². The molecule has 0 saturated heterocycles.